The van der Waals surface area contributed by atoms with Crippen LogP contribution in [0.15, 0.2) is 63.9 Å². The molecular weight excluding hydrogens is 374 g/mol. The average molecular weight is 384 g/mol. The lowest BCUT2D eigenvalue weighted by molar-refractivity contribution is 1.09. The van der Waals surface area contributed by atoms with Crippen LogP contribution in [0.3, 0.4) is 0 Å². The number of hydrogen-bond donors (Lipinski definition) is 0. The van der Waals surface area contributed by atoms with Crippen molar-refractivity contribution in [1.29, 1.82) is 0 Å². The minimum atomic E-state index is -0.0930. The van der Waals surface area contributed by atoms with E-state index in [-0.39, 0.29) is 5.56 Å². The van der Waals surface area contributed by atoms with E-state index in [9.17, 15) is 4.79 Å². The predicted octanol–water partition coefficient (Wildman–Crippen LogP) is 3.13. The average Bonchev–Trinajstić information content (AvgIpc) is 3.10. The smallest absolute Gasteiger partial charge is 0.267 e. The number of aromatic nitrogens is 3. The van der Waals surface area contributed by atoms with Crippen molar-refractivity contribution in [1.82, 2.24) is 14.6 Å². The third-order valence-electron chi connectivity index (χ3n) is 3.46. The molecule has 0 spiro atoms. The van der Waals surface area contributed by atoms with Crippen LogP contribution < -0.4 is 10.1 Å². The fourth-order valence-corrected chi connectivity index (χ4v) is 3.75. The Kier molecular flexibility index (Phi) is 3.55. The van der Waals surface area contributed by atoms with Crippen LogP contribution in [0, 0.1) is 0 Å². The molecular formula is C17H10BrN3OS. The lowest BCUT2D eigenvalue weighted by Gasteiger charge is -1.99. The molecule has 0 radical (unpaired) electrons. The maximum atomic E-state index is 12.7. The summed E-state index contributed by atoms with van der Waals surface area (Å²) >= 11 is 4.85. The second-order valence-corrected chi connectivity index (χ2v) is 6.81. The lowest BCUT2D eigenvalue weighted by Crippen LogP contribution is -2.23. The molecule has 4 rings (SSSR count). The number of thiazole rings is 1. The van der Waals surface area contributed by atoms with Gasteiger partial charge < -0.3 is 0 Å². The molecule has 0 aliphatic rings. The number of hydrogen-bond acceptors (Lipinski definition) is 4. The van der Waals surface area contributed by atoms with Crippen LogP contribution in [0.2, 0.25) is 0 Å². The van der Waals surface area contributed by atoms with Crippen LogP contribution in [0.1, 0.15) is 5.56 Å². The SMILES string of the molecule is O=c1/c(=C/c2ccccc2)sc2nnc(-c3ccccc3Br)n12. The quantitative estimate of drug-likeness (QED) is 0.534. The molecule has 0 bridgehead atoms. The van der Waals surface area contributed by atoms with Crippen LogP contribution >= 0.6 is 27.3 Å². The molecule has 23 heavy (non-hydrogen) atoms. The summed E-state index contributed by atoms with van der Waals surface area (Å²) < 4.78 is 3.10. The van der Waals surface area contributed by atoms with E-state index in [1.807, 2.05) is 60.7 Å². The Morgan fingerprint density at radius 1 is 1.00 bits per heavy atom. The summed E-state index contributed by atoms with van der Waals surface area (Å²) in [6, 6.07) is 17.4. The zero-order chi connectivity index (χ0) is 15.8. The van der Waals surface area contributed by atoms with Crippen LogP contribution in [0.5, 0.6) is 0 Å². The van der Waals surface area contributed by atoms with Crippen molar-refractivity contribution in [2.24, 2.45) is 0 Å². The highest BCUT2D eigenvalue weighted by molar-refractivity contribution is 9.10. The van der Waals surface area contributed by atoms with Gasteiger partial charge in [-0.2, -0.15) is 0 Å². The molecule has 0 fully saturated rings. The van der Waals surface area contributed by atoms with Crippen LogP contribution in [-0.2, 0) is 0 Å². The Balaban J connectivity index is 1.96. The molecule has 0 amide bonds. The molecule has 0 atom stereocenters. The first-order valence-corrected chi connectivity index (χ1v) is 8.54. The molecule has 0 aliphatic carbocycles. The van der Waals surface area contributed by atoms with Crippen LogP contribution in [-0.4, -0.2) is 14.6 Å². The number of nitrogens with zero attached hydrogens (tertiary/aromatic N) is 3. The Morgan fingerprint density at radius 3 is 2.52 bits per heavy atom. The normalized spacial score (nSPS) is 12.1. The molecule has 0 N–H and O–H groups in total. The van der Waals surface area contributed by atoms with Crippen LogP contribution in [0.25, 0.3) is 22.4 Å². The highest BCUT2D eigenvalue weighted by Crippen LogP contribution is 2.26. The molecule has 2 heterocycles. The van der Waals surface area contributed by atoms with E-state index < -0.39 is 0 Å². The summed E-state index contributed by atoms with van der Waals surface area (Å²) in [6.07, 6.45) is 1.88. The molecule has 0 unspecified atom stereocenters. The van der Waals surface area contributed by atoms with Gasteiger partial charge in [0.2, 0.25) is 4.96 Å². The van der Waals surface area contributed by atoms with Crippen molar-refractivity contribution in [3.63, 3.8) is 0 Å². The van der Waals surface area contributed by atoms with Gasteiger partial charge in [-0.3, -0.25) is 4.79 Å². The van der Waals surface area contributed by atoms with Crippen LogP contribution in [0.4, 0.5) is 0 Å². The van der Waals surface area contributed by atoms with Gasteiger partial charge in [-0.1, -0.05) is 75.8 Å². The second-order valence-electron chi connectivity index (χ2n) is 4.95. The molecule has 2 aromatic carbocycles. The van der Waals surface area contributed by atoms with Gasteiger partial charge in [0.25, 0.3) is 5.56 Å². The number of benzene rings is 2. The summed E-state index contributed by atoms with van der Waals surface area (Å²) in [6.45, 7) is 0. The van der Waals surface area contributed by atoms with E-state index in [0.717, 1.165) is 15.6 Å². The summed E-state index contributed by atoms with van der Waals surface area (Å²) in [5.74, 6) is 0.557. The first-order chi connectivity index (χ1) is 11.2. The topological polar surface area (TPSA) is 47.3 Å². The predicted molar refractivity (Wildman–Crippen MR) is 95.5 cm³/mol. The van der Waals surface area contributed by atoms with Crippen molar-refractivity contribution < 1.29 is 0 Å². The monoisotopic (exact) mass is 383 g/mol. The molecule has 0 aliphatic heterocycles. The van der Waals surface area contributed by atoms with E-state index in [2.05, 4.69) is 26.1 Å². The van der Waals surface area contributed by atoms with E-state index in [0.29, 0.717) is 15.3 Å². The number of halogens is 1. The molecule has 0 saturated carbocycles. The largest absolute Gasteiger partial charge is 0.276 e. The highest BCUT2D eigenvalue weighted by Gasteiger charge is 2.15. The Labute approximate surface area is 143 Å². The van der Waals surface area contributed by atoms with E-state index in [4.69, 9.17) is 0 Å². The Morgan fingerprint density at radius 2 is 1.74 bits per heavy atom. The van der Waals surface area contributed by atoms with Crippen molar-refractivity contribution in [2.75, 3.05) is 0 Å². The van der Waals surface area contributed by atoms with Crippen molar-refractivity contribution >= 4 is 38.3 Å². The third-order valence-corrected chi connectivity index (χ3v) is 5.11. The summed E-state index contributed by atoms with van der Waals surface area (Å²) in [5.41, 5.74) is 1.75. The first kappa shape index (κ1) is 14.3. The summed E-state index contributed by atoms with van der Waals surface area (Å²) in [5, 5.41) is 8.32. The fraction of sp³-hybridized carbons (Fsp3) is 0. The Hall–Kier alpha value is -2.31. The van der Waals surface area contributed by atoms with Crippen molar-refractivity contribution in [3.05, 3.63) is 79.5 Å². The number of fused-ring (bicyclic) bond motifs is 1. The Bertz CT molecular complexity index is 1100. The minimum Gasteiger partial charge on any atom is -0.267 e. The van der Waals surface area contributed by atoms with E-state index in [1.165, 1.54) is 11.3 Å². The third kappa shape index (κ3) is 2.50. The fourth-order valence-electron chi connectivity index (χ4n) is 2.38. The number of rotatable bonds is 2. The molecule has 6 heteroatoms. The molecule has 2 aromatic heterocycles. The first-order valence-electron chi connectivity index (χ1n) is 6.93. The van der Waals surface area contributed by atoms with E-state index in [1.54, 1.807) is 4.40 Å². The van der Waals surface area contributed by atoms with Gasteiger partial charge in [0, 0.05) is 10.0 Å². The molecule has 4 aromatic rings. The highest BCUT2D eigenvalue weighted by atomic mass is 79.9. The molecule has 112 valence electrons. The maximum Gasteiger partial charge on any atom is 0.276 e. The maximum absolute atomic E-state index is 12.7. The van der Waals surface area contributed by atoms with Gasteiger partial charge in [0.05, 0.1) is 4.53 Å². The summed E-state index contributed by atoms with van der Waals surface area (Å²) in [4.78, 5) is 13.3. The molecule has 4 nitrogen and oxygen atoms in total. The van der Waals surface area contributed by atoms with Crippen molar-refractivity contribution in [3.8, 4) is 11.4 Å². The van der Waals surface area contributed by atoms with Gasteiger partial charge in [-0.25, -0.2) is 4.40 Å². The van der Waals surface area contributed by atoms with Gasteiger partial charge >= 0.3 is 0 Å². The minimum absolute atomic E-state index is 0.0930. The van der Waals surface area contributed by atoms with Gasteiger partial charge in [0.1, 0.15) is 0 Å². The zero-order valence-corrected chi connectivity index (χ0v) is 14.2. The van der Waals surface area contributed by atoms with Gasteiger partial charge in [-0.15, -0.1) is 10.2 Å². The van der Waals surface area contributed by atoms with Gasteiger partial charge in [-0.05, 0) is 17.7 Å². The van der Waals surface area contributed by atoms with Gasteiger partial charge in [0.15, 0.2) is 5.82 Å². The second kappa shape index (κ2) is 5.72. The zero-order valence-electron chi connectivity index (χ0n) is 11.8. The van der Waals surface area contributed by atoms with Crippen molar-refractivity contribution in [2.45, 2.75) is 0 Å². The standard InChI is InChI=1S/C17H10BrN3OS/c18-13-9-5-4-8-12(13)15-19-20-17-21(15)16(22)14(23-17)10-11-6-2-1-3-7-11/h1-10H/b14-10-. The lowest BCUT2D eigenvalue weighted by atomic mass is 10.2. The molecule has 0 saturated heterocycles. The van der Waals surface area contributed by atoms with E-state index >= 15 is 0 Å². The summed E-state index contributed by atoms with van der Waals surface area (Å²) in [7, 11) is 0.